The predicted octanol–water partition coefficient (Wildman–Crippen LogP) is 3.46. The van der Waals surface area contributed by atoms with Gasteiger partial charge in [0.25, 0.3) is 5.91 Å². The second-order valence-corrected chi connectivity index (χ2v) is 8.38. The molecular formula is C24H26N4O2. The monoisotopic (exact) mass is 402 g/mol. The minimum absolute atomic E-state index is 0.0184. The van der Waals surface area contributed by atoms with Crippen LogP contribution in [0.15, 0.2) is 48.5 Å². The molecule has 1 aliphatic heterocycles. The van der Waals surface area contributed by atoms with Crippen LogP contribution in [0.25, 0.3) is 16.7 Å². The van der Waals surface area contributed by atoms with Gasteiger partial charge in [-0.25, -0.2) is 4.98 Å². The first-order chi connectivity index (χ1) is 14.6. The van der Waals surface area contributed by atoms with Gasteiger partial charge in [-0.15, -0.1) is 0 Å². The highest BCUT2D eigenvalue weighted by Gasteiger charge is 2.31. The van der Waals surface area contributed by atoms with E-state index in [1.54, 1.807) is 0 Å². The molecule has 30 heavy (non-hydrogen) atoms. The van der Waals surface area contributed by atoms with Gasteiger partial charge in [-0.05, 0) is 62.9 Å². The summed E-state index contributed by atoms with van der Waals surface area (Å²) in [6, 6.07) is 16.3. The molecule has 2 aromatic carbocycles. The summed E-state index contributed by atoms with van der Waals surface area (Å²) in [6.07, 6.45) is 3.67. The van der Waals surface area contributed by atoms with E-state index >= 15 is 0 Å². The minimum Gasteiger partial charge on any atom is -0.353 e. The lowest BCUT2D eigenvalue weighted by Gasteiger charge is -2.31. The van der Waals surface area contributed by atoms with Crippen molar-refractivity contribution in [3.05, 3.63) is 59.9 Å². The van der Waals surface area contributed by atoms with Crippen LogP contribution in [-0.2, 0) is 4.79 Å². The van der Waals surface area contributed by atoms with E-state index in [4.69, 9.17) is 0 Å². The molecule has 5 rings (SSSR count). The number of benzene rings is 2. The average Bonchev–Trinajstić information content (AvgIpc) is 3.53. The average molecular weight is 402 g/mol. The van der Waals surface area contributed by atoms with E-state index in [2.05, 4.69) is 27.0 Å². The quantitative estimate of drug-likeness (QED) is 0.727. The number of nitrogens with zero attached hydrogens (tertiary/aromatic N) is 3. The standard InChI is InChI=1S/C24H26N4O2/c1-16-25-21-15-18(7-10-22(21)28(16)20-5-3-2-4-6-20)24(30)27-13-11-17(12-14-27)23(29)26-19-8-9-19/h2-7,10,15,17,19H,8-9,11-14H2,1H3,(H,26,29). The Morgan fingerprint density at radius 2 is 1.73 bits per heavy atom. The zero-order chi connectivity index (χ0) is 20.7. The van der Waals surface area contributed by atoms with Gasteiger partial charge in [-0.1, -0.05) is 18.2 Å². The van der Waals surface area contributed by atoms with Crippen LogP contribution in [0.3, 0.4) is 0 Å². The van der Waals surface area contributed by atoms with Crippen LogP contribution >= 0.6 is 0 Å². The molecule has 0 radical (unpaired) electrons. The maximum atomic E-state index is 13.1. The summed E-state index contributed by atoms with van der Waals surface area (Å²) in [7, 11) is 0. The van der Waals surface area contributed by atoms with Crippen LogP contribution in [0.1, 0.15) is 41.9 Å². The fraction of sp³-hybridized carbons (Fsp3) is 0.375. The summed E-state index contributed by atoms with van der Waals surface area (Å²) in [5.74, 6) is 1.10. The van der Waals surface area contributed by atoms with Gasteiger partial charge in [0.15, 0.2) is 0 Å². The molecule has 1 saturated carbocycles. The summed E-state index contributed by atoms with van der Waals surface area (Å²) in [6.45, 7) is 3.22. The second-order valence-electron chi connectivity index (χ2n) is 8.38. The lowest BCUT2D eigenvalue weighted by molar-refractivity contribution is -0.126. The largest absolute Gasteiger partial charge is 0.353 e. The third-order valence-corrected chi connectivity index (χ3v) is 6.16. The molecule has 3 aromatic rings. The molecule has 1 aliphatic carbocycles. The molecule has 0 atom stereocenters. The van der Waals surface area contributed by atoms with E-state index < -0.39 is 0 Å². The number of aromatic nitrogens is 2. The van der Waals surface area contributed by atoms with Gasteiger partial charge < -0.3 is 10.2 Å². The van der Waals surface area contributed by atoms with Gasteiger partial charge in [-0.3, -0.25) is 14.2 Å². The fourth-order valence-corrected chi connectivity index (χ4v) is 4.31. The van der Waals surface area contributed by atoms with E-state index in [9.17, 15) is 9.59 Å². The highest BCUT2D eigenvalue weighted by molar-refractivity contribution is 5.98. The first-order valence-electron chi connectivity index (χ1n) is 10.7. The molecular weight excluding hydrogens is 376 g/mol. The molecule has 6 heteroatoms. The Kier molecular flexibility index (Phi) is 4.77. The maximum Gasteiger partial charge on any atom is 0.253 e. The number of nitrogens with one attached hydrogen (secondary N) is 1. The highest BCUT2D eigenvalue weighted by atomic mass is 16.2. The van der Waals surface area contributed by atoms with Crippen LogP contribution in [-0.4, -0.2) is 45.4 Å². The van der Waals surface area contributed by atoms with Gasteiger partial charge >= 0.3 is 0 Å². The van der Waals surface area contributed by atoms with Gasteiger partial charge in [0.05, 0.1) is 11.0 Å². The number of likely N-dealkylation sites (tertiary alicyclic amines) is 1. The first kappa shape index (κ1) is 18.9. The lowest BCUT2D eigenvalue weighted by atomic mass is 9.95. The van der Waals surface area contributed by atoms with Crippen molar-refractivity contribution in [1.29, 1.82) is 0 Å². The van der Waals surface area contributed by atoms with Crippen LogP contribution in [0, 0.1) is 12.8 Å². The Labute approximate surface area is 175 Å². The maximum absolute atomic E-state index is 13.1. The van der Waals surface area contributed by atoms with Gasteiger partial charge in [-0.2, -0.15) is 0 Å². The number of aryl methyl sites for hydroxylation is 1. The summed E-state index contributed by atoms with van der Waals surface area (Å²) in [5, 5.41) is 3.09. The van der Waals surface area contributed by atoms with E-state index in [1.165, 1.54) is 0 Å². The number of rotatable bonds is 4. The normalized spacial score (nSPS) is 17.3. The van der Waals surface area contributed by atoms with Crippen molar-refractivity contribution in [3.8, 4) is 5.69 Å². The first-order valence-corrected chi connectivity index (χ1v) is 10.7. The topological polar surface area (TPSA) is 67.2 Å². The number of piperidine rings is 1. The molecule has 2 aliphatic rings. The minimum atomic E-state index is 0.0184. The molecule has 0 spiro atoms. The highest BCUT2D eigenvalue weighted by Crippen LogP contribution is 2.25. The van der Waals surface area contributed by atoms with E-state index in [0.29, 0.717) is 24.7 Å². The van der Waals surface area contributed by atoms with Gasteiger partial charge in [0, 0.05) is 36.3 Å². The molecule has 1 saturated heterocycles. The Bertz CT molecular complexity index is 1090. The Morgan fingerprint density at radius 3 is 2.43 bits per heavy atom. The molecule has 1 N–H and O–H groups in total. The van der Waals surface area contributed by atoms with Crippen molar-refractivity contribution in [3.63, 3.8) is 0 Å². The molecule has 1 aromatic heterocycles. The van der Waals surface area contributed by atoms with Crippen molar-refractivity contribution in [2.24, 2.45) is 5.92 Å². The lowest BCUT2D eigenvalue weighted by Crippen LogP contribution is -2.43. The number of para-hydroxylation sites is 1. The van der Waals surface area contributed by atoms with Crippen LogP contribution in [0.5, 0.6) is 0 Å². The van der Waals surface area contributed by atoms with Crippen molar-refractivity contribution >= 4 is 22.8 Å². The third-order valence-electron chi connectivity index (χ3n) is 6.16. The molecule has 2 fully saturated rings. The molecule has 2 amide bonds. The van der Waals surface area contributed by atoms with Crippen molar-refractivity contribution in [1.82, 2.24) is 19.8 Å². The molecule has 2 heterocycles. The van der Waals surface area contributed by atoms with E-state index in [0.717, 1.165) is 48.2 Å². The molecule has 6 nitrogen and oxygen atoms in total. The van der Waals surface area contributed by atoms with Gasteiger partial charge in [0.1, 0.15) is 5.82 Å². The van der Waals surface area contributed by atoms with Crippen molar-refractivity contribution in [2.75, 3.05) is 13.1 Å². The molecule has 154 valence electrons. The number of fused-ring (bicyclic) bond motifs is 1. The van der Waals surface area contributed by atoms with Crippen molar-refractivity contribution in [2.45, 2.75) is 38.6 Å². The van der Waals surface area contributed by atoms with Crippen LogP contribution < -0.4 is 5.32 Å². The Balaban J connectivity index is 1.31. The molecule has 0 unspecified atom stereocenters. The van der Waals surface area contributed by atoms with Crippen LogP contribution in [0.4, 0.5) is 0 Å². The smallest absolute Gasteiger partial charge is 0.253 e. The van der Waals surface area contributed by atoms with Crippen LogP contribution in [0.2, 0.25) is 0 Å². The predicted molar refractivity (Wildman–Crippen MR) is 116 cm³/mol. The zero-order valence-corrected chi connectivity index (χ0v) is 17.2. The number of carbonyl (C=O) groups is 2. The summed E-state index contributed by atoms with van der Waals surface area (Å²) in [5.41, 5.74) is 3.52. The summed E-state index contributed by atoms with van der Waals surface area (Å²) in [4.78, 5) is 31.9. The van der Waals surface area contributed by atoms with E-state index in [-0.39, 0.29) is 17.7 Å². The van der Waals surface area contributed by atoms with Crippen molar-refractivity contribution < 1.29 is 9.59 Å². The number of hydrogen-bond acceptors (Lipinski definition) is 3. The SMILES string of the molecule is Cc1nc2cc(C(=O)N3CCC(C(=O)NC4CC4)CC3)ccc2n1-c1ccccc1. The molecule has 0 bridgehead atoms. The number of amides is 2. The van der Waals surface area contributed by atoms with Gasteiger partial charge in [0.2, 0.25) is 5.91 Å². The Morgan fingerprint density at radius 1 is 1.00 bits per heavy atom. The third kappa shape index (κ3) is 3.58. The Hall–Kier alpha value is -3.15. The van der Waals surface area contributed by atoms with E-state index in [1.807, 2.05) is 48.2 Å². The fourth-order valence-electron chi connectivity index (χ4n) is 4.31. The number of hydrogen-bond donors (Lipinski definition) is 1. The number of carbonyl (C=O) groups excluding carboxylic acids is 2. The number of imidazole rings is 1. The summed E-state index contributed by atoms with van der Waals surface area (Å²) < 4.78 is 2.10. The summed E-state index contributed by atoms with van der Waals surface area (Å²) >= 11 is 0. The zero-order valence-electron chi connectivity index (χ0n) is 17.2. The second kappa shape index (κ2) is 7.59.